The molecule has 4 heteroatoms. The molecule has 1 heterocycles. The third kappa shape index (κ3) is 2.65. The van der Waals surface area contributed by atoms with Gasteiger partial charge in [0.05, 0.1) is 6.54 Å². The lowest BCUT2D eigenvalue weighted by atomic mass is 10.1. The number of aryl methyl sites for hydroxylation is 2. The fraction of sp³-hybridized carbons (Fsp3) is 0.308. The van der Waals surface area contributed by atoms with Gasteiger partial charge in [0.2, 0.25) is 0 Å². The minimum Gasteiger partial charge on any atom is -0.324 e. The maximum atomic E-state index is 5.56. The molecule has 4 nitrogen and oxygen atoms in total. The molecule has 0 fully saturated rings. The molecule has 0 aliphatic rings. The number of nitrogens with zero attached hydrogens (tertiary/aromatic N) is 3. The highest BCUT2D eigenvalue weighted by molar-refractivity contribution is 5.55. The Morgan fingerprint density at radius 2 is 1.76 bits per heavy atom. The van der Waals surface area contributed by atoms with Crippen LogP contribution >= 0.6 is 0 Å². The molecule has 1 aromatic heterocycles. The van der Waals surface area contributed by atoms with Gasteiger partial charge in [0.1, 0.15) is 11.6 Å². The third-order valence-electron chi connectivity index (χ3n) is 2.60. The second kappa shape index (κ2) is 5.01. The van der Waals surface area contributed by atoms with Crippen molar-refractivity contribution in [2.75, 3.05) is 0 Å². The molecule has 0 spiro atoms. The Kier molecular flexibility index (Phi) is 3.44. The van der Waals surface area contributed by atoms with Crippen molar-refractivity contribution in [2.24, 2.45) is 5.73 Å². The summed E-state index contributed by atoms with van der Waals surface area (Å²) in [5.74, 6) is 2.03. The van der Waals surface area contributed by atoms with Crippen LogP contribution in [0.5, 0.6) is 0 Å². The quantitative estimate of drug-likeness (QED) is 0.871. The van der Waals surface area contributed by atoms with Gasteiger partial charge in [0.25, 0.3) is 0 Å². The molecule has 0 atom stereocenters. The van der Waals surface area contributed by atoms with E-state index >= 15 is 0 Å². The van der Waals surface area contributed by atoms with E-state index in [4.69, 9.17) is 5.73 Å². The minimum atomic E-state index is 0.337. The standard InChI is InChI=1S/C13H16N4/c1-3-10-4-6-11(7-5-10)13-16-9(2)15-12(8-14)17-13/h4-7H,3,8,14H2,1-2H3. The van der Waals surface area contributed by atoms with Gasteiger partial charge in [0, 0.05) is 5.56 Å². The molecule has 2 rings (SSSR count). The Labute approximate surface area is 101 Å². The van der Waals surface area contributed by atoms with E-state index in [0.717, 1.165) is 12.0 Å². The first kappa shape index (κ1) is 11.7. The van der Waals surface area contributed by atoms with Crippen molar-refractivity contribution in [1.82, 2.24) is 15.0 Å². The summed E-state index contributed by atoms with van der Waals surface area (Å²) in [5, 5.41) is 0. The summed E-state index contributed by atoms with van der Waals surface area (Å²) in [6.45, 7) is 4.32. The highest BCUT2D eigenvalue weighted by Crippen LogP contribution is 2.16. The summed E-state index contributed by atoms with van der Waals surface area (Å²) in [5.41, 5.74) is 7.87. The molecule has 0 saturated heterocycles. The van der Waals surface area contributed by atoms with Gasteiger partial charge in [0.15, 0.2) is 5.82 Å². The Bertz CT molecular complexity index is 505. The van der Waals surface area contributed by atoms with Gasteiger partial charge >= 0.3 is 0 Å². The highest BCUT2D eigenvalue weighted by atomic mass is 15.0. The molecule has 2 N–H and O–H groups in total. The molecule has 0 unspecified atom stereocenters. The molecule has 88 valence electrons. The Morgan fingerprint density at radius 3 is 2.35 bits per heavy atom. The first-order valence-corrected chi connectivity index (χ1v) is 5.74. The molecule has 0 amide bonds. The minimum absolute atomic E-state index is 0.337. The Morgan fingerprint density at radius 1 is 1.06 bits per heavy atom. The summed E-state index contributed by atoms with van der Waals surface area (Å²) in [4.78, 5) is 12.8. The topological polar surface area (TPSA) is 64.7 Å². The van der Waals surface area contributed by atoms with Gasteiger partial charge in [-0.1, -0.05) is 31.2 Å². The van der Waals surface area contributed by atoms with E-state index in [1.165, 1.54) is 5.56 Å². The largest absolute Gasteiger partial charge is 0.324 e. The molecular weight excluding hydrogens is 212 g/mol. The van der Waals surface area contributed by atoms with Crippen molar-refractivity contribution < 1.29 is 0 Å². The second-order valence-corrected chi connectivity index (χ2v) is 3.88. The molecule has 0 aliphatic heterocycles. The number of nitrogens with two attached hydrogens (primary N) is 1. The summed E-state index contributed by atoms with van der Waals surface area (Å²) in [6.07, 6.45) is 1.03. The zero-order chi connectivity index (χ0) is 12.3. The van der Waals surface area contributed by atoms with Gasteiger partial charge in [-0.25, -0.2) is 15.0 Å². The van der Waals surface area contributed by atoms with Gasteiger partial charge in [-0.2, -0.15) is 0 Å². The van der Waals surface area contributed by atoms with Crippen molar-refractivity contribution in [1.29, 1.82) is 0 Å². The van der Waals surface area contributed by atoms with Crippen molar-refractivity contribution in [3.63, 3.8) is 0 Å². The lowest BCUT2D eigenvalue weighted by Gasteiger charge is -2.04. The molecule has 0 radical (unpaired) electrons. The van der Waals surface area contributed by atoms with E-state index in [1.54, 1.807) is 0 Å². The molecule has 0 aliphatic carbocycles. The monoisotopic (exact) mass is 228 g/mol. The van der Waals surface area contributed by atoms with Crippen LogP contribution in [0, 0.1) is 6.92 Å². The van der Waals surface area contributed by atoms with Crippen LogP contribution in [-0.2, 0) is 13.0 Å². The van der Waals surface area contributed by atoms with Crippen LogP contribution in [0.15, 0.2) is 24.3 Å². The van der Waals surface area contributed by atoms with Crippen molar-refractivity contribution in [2.45, 2.75) is 26.8 Å². The molecular formula is C13H16N4. The van der Waals surface area contributed by atoms with Crippen LogP contribution in [0.1, 0.15) is 24.1 Å². The Hall–Kier alpha value is -1.81. The molecule has 0 bridgehead atoms. The fourth-order valence-electron chi connectivity index (χ4n) is 1.65. The summed E-state index contributed by atoms with van der Waals surface area (Å²) < 4.78 is 0. The number of rotatable bonds is 3. The molecule has 17 heavy (non-hydrogen) atoms. The van der Waals surface area contributed by atoms with Crippen LogP contribution < -0.4 is 5.73 Å². The summed E-state index contributed by atoms with van der Waals surface area (Å²) in [7, 11) is 0. The number of hydrogen-bond acceptors (Lipinski definition) is 4. The van der Waals surface area contributed by atoms with E-state index in [2.05, 4.69) is 34.0 Å². The van der Waals surface area contributed by atoms with Crippen molar-refractivity contribution in [3.05, 3.63) is 41.5 Å². The van der Waals surface area contributed by atoms with Gasteiger partial charge < -0.3 is 5.73 Å². The van der Waals surface area contributed by atoms with Crippen LogP contribution in [-0.4, -0.2) is 15.0 Å². The fourth-order valence-corrected chi connectivity index (χ4v) is 1.65. The van der Waals surface area contributed by atoms with Crippen LogP contribution in [0.3, 0.4) is 0 Å². The van der Waals surface area contributed by atoms with E-state index in [0.29, 0.717) is 24.0 Å². The maximum Gasteiger partial charge on any atom is 0.163 e. The zero-order valence-corrected chi connectivity index (χ0v) is 10.1. The van der Waals surface area contributed by atoms with Crippen molar-refractivity contribution in [3.8, 4) is 11.4 Å². The summed E-state index contributed by atoms with van der Waals surface area (Å²) in [6, 6.07) is 8.26. The van der Waals surface area contributed by atoms with Crippen LogP contribution in [0.25, 0.3) is 11.4 Å². The first-order chi connectivity index (χ1) is 8.22. The number of aromatic nitrogens is 3. The maximum absolute atomic E-state index is 5.56. The zero-order valence-electron chi connectivity index (χ0n) is 10.1. The average molecular weight is 228 g/mol. The number of benzene rings is 1. The molecule has 2 aromatic rings. The highest BCUT2D eigenvalue weighted by Gasteiger charge is 2.05. The predicted molar refractivity (Wildman–Crippen MR) is 67.3 cm³/mol. The summed E-state index contributed by atoms with van der Waals surface area (Å²) >= 11 is 0. The van der Waals surface area contributed by atoms with Crippen LogP contribution in [0.2, 0.25) is 0 Å². The lowest BCUT2D eigenvalue weighted by molar-refractivity contribution is 0.851. The van der Waals surface area contributed by atoms with Crippen molar-refractivity contribution >= 4 is 0 Å². The number of hydrogen-bond donors (Lipinski definition) is 1. The smallest absolute Gasteiger partial charge is 0.163 e. The van der Waals surface area contributed by atoms with Gasteiger partial charge in [-0.05, 0) is 18.9 Å². The predicted octanol–water partition coefficient (Wildman–Crippen LogP) is 1.87. The Balaban J connectivity index is 2.41. The van der Waals surface area contributed by atoms with Gasteiger partial charge in [-0.3, -0.25) is 0 Å². The second-order valence-electron chi connectivity index (χ2n) is 3.88. The molecule has 0 saturated carbocycles. The SMILES string of the molecule is CCc1ccc(-c2nc(C)nc(CN)n2)cc1. The van der Waals surface area contributed by atoms with Crippen LogP contribution in [0.4, 0.5) is 0 Å². The van der Waals surface area contributed by atoms with E-state index in [-0.39, 0.29) is 0 Å². The molecule has 1 aromatic carbocycles. The van der Waals surface area contributed by atoms with E-state index in [9.17, 15) is 0 Å². The van der Waals surface area contributed by atoms with E-state index in [1.807, 2.05) is 19.1 Å². The lowest BCUT2D eigenvalue weighted by Crippen LogP contribution is -2.07. The van der Waals surface area contributed by atoms with Gasteiger partial charge in [-0.15, -0.1) is 0 Å². The normalized spacial score (nSPS) is 10.5. The van der Waals surface area contributed by atoms with E-state index < -0.39 is 0 Å². The third-order valence-corrected chi connectivity index (χ3v) is 2.60. The average Bonchev–Trinajstić information content (AvgIpc) is 2.38. The first-order valence-electron chi connectivity index (χ1n) is 5.74.